The van der Waals surface area contributed by atoms with E-state index in [0.29, 0.717) is 5.54 Å². The number of piperidine rings is 1. The van der Waals surface area contributed by atoms with E-state index in [0.717, 1.165) is 25.0 Å². The van der Waals surface area contributed by atoms with Crippen LogP contribution >= 0.6 is 0 Å². The summed E-state index contributed by atoms with van der Waals surface area (Å²) in [7, 11) is 0. The molecule has 0 radical (unpaired) electrons. The number of nitrogens with one attached hydrogen (secondary N) is 1. The Labute approximate surface area is 113 Å². The first kappa shape index (κ1) is 14.3. The summed E-state index contributed by atoms with van der Waals surface area (Å²) in [4.78, 5) is 5.33. The number of rotatable bonds is 3. The topological polar surface area (TPSA) is 18.5 Å². The van der Waals surface area contributed by atoms with Crippen LogP contribution in [0.4, 0.5) is 0 Å². The second-order valence-electron chi connectivity index (χ2n) is 7.01. The van der Waals surface area contributed by atoms with Crippen LogP contribution in [-0.2, 0) is 0 Å². The van der Waals surface area contributed by atoms with E-state index < -0.39 is 0 Å². The molecule has 0 spiro atoms. The third-order valence-electron chi connectivity index (χ3n) is 4.83. The number of piperazine rings is 1. The fourth-order valence-electron chi connectivity index (χ4n) is 3.32. The van der Waals surface area contributed by atoms with Gasteiger partial charge in [-0.25, -0.2) is 0 Å². The van der Waals surface area contributed by atoms with Gasteiger partial charge in [0.15, 0.2) is 0 Å². The van der Waals surface area contributed by atoms with E-state index in [4.69, 9.17) is 0 Å². The molecule has 3 heteroatoms. The van der Waals surface area contributed by atoms with Gasteiger partial charge in [-0.05, 0) is 59.5 Å². The molecule has 0 aromatic rings. The van der Waals surface area contributed by atoms with Crippen molar-refractivity contribution in [3.8, 4) is 0 Å². The molecule has 2 heterocycles. The van der Waals surface area contributed by atoms with Crippen LogP contribution in [0.25, 0.3) is 0 Å². The van der Waals surface area contributed by atoms with Crippen LogP contribution in [0.15, 0.2) is 0 Å². The molecule has 0 aromatic carbocycles. The molecule has 0 bridgehead atoms. The molecule has 0 atom stereocenters. The number of nitrogens with zero attached hydrogens (tertiary/aromatic N) is 2. The van der Waals surface area contributed by atoms with Gasteiger partial charge >= 0.3 is 0 Å². The van der Waals surface area contributed by atoms with Crippen molar-refractivity contribution in [2.75, 3.05) is 39.3 Å². The lowest BCUT2D eigenvalue weighted by atomic mass is 9.92. The molecule has 2 fully saturated rings. The first-order valence-electron chi connectivity index (χ1n) is 7.69. The molecule has 0 aliphatic carbocycles. The highest BCUT2D eigenvalue weighted by Gasteiger charge is 2.32. The van der Waals surface area contributed by atoms with E-state index >= 15 is 0 Å². The van der Waals surface area contributed by atoms with Crippen LogP contribution in [0.1, 0.15) is 40.5 Å². The molecule has 2 aliphatic rings. The minimum atomic E-state index is 0.341. The van der Waals surface area contributed by atoms with Gasteiger partial charge in [0.05, 0.1) is 0 Å². The maximum Gasteiger partial charge on any atom is 0.0278 e. The van der Waals surface area contributed by atoms with E-state index in [1.807, 2.05) is 0 Å². The maximum absolute atomic E-state index is 3.51. The zero-order chi connectivity index (χ0) is 13.2. The predicted octanol–water partition coefficient (Wildman–Crippen LogP) is 1.79. The normalized spacial score (nSPS) is 27.8. The Morgan fingerprint density at radius 3 is 2.39 bits per heavy atom. The van der Waals surface area contributed by atoms with Crippen LogP contribution in [0.5, 0.6) is 0 Å². The second-order valence-corrected chi connectivity index (χ2v) is 7.01. The highest BCUT2D eigenvalue weighted by Crippen LogP contribution is 2.24. The molecule has 2 aliphatic heterocycles. The smallest absolute Gasteiger partial charge is 0.0278 e. The first-order chi connectivity index (χ1) is 8.49. The van der Waals surface area contributed by atoms with Crippen molar-refractivity contribution >= 4 is 0 Å². The van der Waals surface area contributed by atoms with Gasteiger partial charge in [-0.3, -0.25) is 4.90 Å². The minimum Gasteiger partial charge on any atom is -0.314 e. The van der Waals surface area contributed by atoms with Crippen molar-refractivity contribution in [2.24, 2.45) is 5.92 Å². The monoisotopic (exact) mass is 253 g/mol. The predicted molar refractivity (Wildman–Crippen MR) is 78.0 cm³/mol. The zero-order valence-corrected chi connectivity index (χ0v) is 12.7. The average Bonchev–Trinajstić information content (AvgIpc) is 2.32. The molecular weight excluding hydrogens is 222 g/mol. The highest BCUT2D eigenvalue weighted by molar-refractivity contribution is 4.90. The Morgan fingerprint density at radius 2 is 1.83 bits per heavy atom. The summed E-state index contributed by atoms with van der Waals surface area (Å²) in [6.45, 7) is 16.8. The Morgan fingerprint density at radius 1 is 1.17 bits per heavy atom. The summed E-state index contributed by atoms with van der Waals surface area (Å²) in [6.07, 6.45) is 2.77. The molecule has 0 aromatic heterocycles. The van der Waals surface area contributed by atoms with Gasteiger partial charge in [0, 0.05) is 37.8 Å². The quantitative estimate of drug-likeness (QED) is 0.827. The van der Waals surface area contributed by atoms with Crippen molar-refractivity contribution in [1.82, 2.24) is 15.1 Å². The molecule has 106 valence electrons. The first-order valence-corrected chi connectivity index (χ1v) is 7.69. The van der Waals surface area contributed by atoms with E-state index in [-0.39, 0.29) is 0 Å². The van der Waals surface area contributed by atoms with E-state index in [9.17, 15) is 0 Å². The van der Waals surface area contributed by atoms with E-state index in [1.165, 1.54) is 39.0 Å². The van der Waals surface area contributed by atoms with E-state index in [1.54, 1.807) is 0 Å². The van der Waals surface area contributed by atoms with Crippen molar-refractivity contribution < 1.29 is 0 Å². The number of likely N-dealkylation sites (tertiary alicyclic amines) is 1. The summed E-state index contributed by atoms with van der Waals surface area (Å²) in [6, 6.07) is 0.724. The standard InChI is InChI=1S/C15H31N3/c1-13(2)17-8-5-14(6-9-17)11-18-10-7-16-12-15(18,3)4/h13-14,16H,5-12H2,1-4H3. The van der Waals surface area contributed by atoms with Crippen LogP contribution in [-0.4, -0.2) is 60.6 Å². The third kappa shape index (κ3) is 3.46. The molecular formula is C15H31N3. The van der Waals surface area contributed by atoms with Crippen LogP contribution in [0, 0.1) is 5.92 Å². The highest BCUT2D eigenvalue weighted by atomic mass is 15.3. The minimum absolute atomic E-state index is 0.341. The lowest BCUT2D eigenvalue weighted by molar-refractivity contribution is 0.0510. The SMILES string of the molecule is CC(C)N1CCC(CN2CCNCC2(C)C)CC1. The molecule has 18 heavy (non-hydrogen) atoms. The molecule has 0 saturated carbocycles. The average molecular weight is 253 g/mol. The Hall–Kier alpha value is -0.120. The fourth-order valence-corrected chi connectivity index (χ4v) is 3.32. The van der Waals surface area contributed by atoms with Gasteiger partial charge in [0.2, 0.25) is 0 Å². The molecule has 1 N–H and O–H groups in total. The lowest BCUT2D eigenvalue weighted by Crippen LogP contribution is -2.59. The van der Waals surface area contributed by atoms with Gasteiger partial charge < -0.3 is 10.2 Å². The van der Waals surface area contributed by atoms with Gasteiger partial charge in [-0.15, -0.1) is 0 Å². The Kier molecular flexibility index (Phi) is 4.68. The molecule has 0 unspecified atom stereocenters. The molecule has 2 saturated heterocycles. The van der Waals surface area contributed by atoms with Crippen LogP contribution in [0.3, 0.4) is 0 Å². The molecule has 2 rings (SSSR count). The van der Waals surface area contributed by atoms with Crippen LogP contribution in [0.2, 0.25) is 0 Å². The van der Waals surface area contributed by atoms with Gasteiger partial charge in [0.1, 0.15) is 0 Å². The Balaban J connectivity index is 1.80. The van der Waals surface area contributed by atoms with Crippen LogP contribution < -0.4 is 5.32 Å². The number of hydrogen-bond donors (Lipinski definition) is 1. The molecule has 3 nitrogen and oxygen atoms in total. The van der Waals surface area contributed by atoms with Crippen molar-refractivity contribution in [3.05, 3.63) is 0 Å². The van der Waals surface area contributed by atoms with Gasteiger partial charge in [-0.1, -0.05) is 0 Å². The fraction of sp³-hybridized carbons (Fsp3) is 1.00. The summed E-state index contributed by atoms with van der Waals surface area (Å²) in [5.41, 5.74) is 0.341. The van der Waals surface area contributed by atoms with Crippen molar-refractivity contribution in [3.63, 3.8) is 0 Å². The lowest BCUT2D eigenvalue weighted by Gasteiger charge is -2.45. The summed E-state index contributed by atoms with van der Waals surface area (Å²) < 4.78 is 0. The largest absolute Gasteiger partial charge is 0.314 e. The maximum atomic E-state index is 3.51. The summed E-state index contributed by atoms with van der Waals surface area (Å²) in [5.74, 6) is 0.914. The second kappa shape index (κ2) is 5.89. The third-order valence-corrected chi connectivity index (χ3v) is 4.83. The molecule has 0 amide bonds. The van der Waals surface area contributed by atoms with Crippen molar-refractivity contribution in [2.45, 2.75) is 52.1 Å². The van der Waals surface area contributed by atoms with Gasteiger partial charge in [-0.2, -0.15) is 0 Å². The zero-order valence-electron chi connectivity index (χ0n) is 12.7. The van der Waals surface area contributed by atoms with Gasteiger partial charge in [0.25, 0.3) is 0 Å². The Bertz CT molecular complexity index is 254. The number of hydrogen-bond acceptors (Lipinski definition) is 3. The summed E-state index contributed by atoms with van der Waals surface area (Å²) in [5, 5.41) is 3.51. The summed E-state index contributed by atoms with van der Waals surface area (Å²) >= 11 is 0. The van der Waals surface area contributed by atoms with Crippen molar-refractivity contribution in [1.29, 1.82) is 0 Å². The van der Waals surface area contributed by atoms with E-state index in [2.05, 4.69) is 42.8 Å².